The molecule has 0 radical (unpaired) electrons. The van der Waals surface area contributed by atoms with E-state index in [0.717, 1.165) is 11.3 Å². The van der Waals surface area contributed by atoms with Gasteiger partial charge in [-0.15, -0.1) is 0 Å². The molecule has 0 amide bonds. The van der Waals surface area contributed by atoms with Gasteiger partial charge < -0.3 is 0 Å². The summed E-state index contributed by atoms with van der Waals surface area (Å²) in [5.41, 5.74) is 1.89. The Kier molecular flexibility index (Phi) is 5.93. The number of carbonyl (C=O) groups is 2. The topological polar surface area (TPSA) is 49.7 Å². The van der Waals surface area contributed by atoms with Crippen LogP contribution in [0.3, 0.4) is 0 Å². The molecule has 19 heavy (non-hydrogen) atoms. The van der Waals surface area contributed by atoms with Crippen LogP contribution in [0.1, 0.15) is 32.3 Å². The summed E-state index contributed by atoms with van der Waals surface area (Å²) < 4.78 is 0. The minimum absolute atomic E-state index is 0.00470. The molecule has 0 aromatic heterocycles. The van der Waals surface area contributed by atoms with Crippen LogP contribution in [0.5, 0.6) is 0 Å². The first-order valence-electron chi connectivity index (χ1n) is 6.27. The van der Waals surface area contributed by atoms with E-state index in [1.165, 1.54) is 6.92 Å². The molecule has 1 rings (SSSR count). The van der Waals surface area contributed by atoms with Crippen molar-refractivity contribution in [2.24, 2.45) is 5.10 Å². The predicted octanol–water partition coefficient (Wildman–Crippen LogP) is 2.43. The number of hydrazone groups is 1. The van der Waals surface area contributed by atoms with E-state index in [0.29, 0.717) is 6.54 Å². The Balaban J connectivity index is 2.49. The second kappa shape index (κ2) is 7.46. The van der Waals surface area contributed by atoms with Gasteiger partial charge in [0.15, 0.2) is 0 Å². The van der Waals surface area contributed by atoms with Crippen LogP contribution in [0.2, 0.25) is 0 Å². The summed E-state index contributed by atoms with van der Waals surface area (Å²) in [6, 6.07) is 10.00. The first-order chi connectivity index (χ1) is 8.97. The molecule has 0 N–H and O–H groups in total. The Morgan fingerprint density at radius 1 is 1.11 bits per heavy atom. The zero-order valence-electron chi connectivity index (χ0n) is 11.7. The third-order valence-electron chi connectivity index (χ3n) is 2.49. The molecule has 0 saturated heterocycles. The maximum atomic E-state index is 11.5. The molecule has 102 valence electrons. The number of hydrogen-bond acceptors (Lipinski definition) is 4. The highest BCUT2D eigenvalue weighted by Crippen LogP contribution is 2.04. The summed E-state index contributed by atoms with van der Waals surface area (Å²) in [5.74, 6) is -0.183. The molecule has 0 bridgehead atoms. The lowest BCUT2D eigenvalue weighted by atomic mass is 10.1. The average molecular weight is 260 g/mol. The van der Waals surface area contributed by atoms with Gasteiger partial charge in [-0.25, -0.2) is 0 Å². The zero-order valence-corrected chi connectivity index (χ0v) is 11.7. The van der Waals surface area contributed by atoms with Gasteiger partial charge in [-0.05, 0) is 19.4 Å². The van der Waals surface area contributed by atoms with Gasteiger partial charge in [-0.2, -0.15) is 5.10 Å². The summed E-state index contributed by atoms with van der Waals surface area (Å²) in [6.07, 6.45) is 0.230. The Bertz CT molecular complexity index is 466. The lowest BCUT2D eigenvalue weighted by molar-refractivity contribution is -0.125. The van der Waals surface area contributed by atoms with Crippen molar-refractivity contribution >= 4 is 17.3 Å². The van der Waals surface area contributed by atoms with Gasteiger partial charge in [0.05, 0.1) is 13.0 Å². The van der Waals surface area contributed by atoms with Crippen molar-refractivity contribution in [3.63, 3.8) is 0 Å². The Hall–Kier alpha value is -1.97. The van der Waals surface area contributed by atoms with Crippen molar-refractivity contribution in [1.82, 2.24) is 5.01 Å². The van der Waals surface area contributed by atoms with Gasteiger partial charge in [-0.1, -0.05) is 30.3 Å². The maximum Gasteiger partial charge on any atom is 0.145 e. The number of benzene rings is 1. The third-order valence-corrected chi connectivity index (χ3v) is 2.49. The van der Waals surface area contributed by atoms with Crippen molar-refractivity contribution < 1.29 is 9.59 Å². The van der Waals surface area contributed by atoms with Crippen LogP contribution < -0.4 is 0 Å². The van der Waals surface area contributed by atoms with Gasteiger partial charge in [0.1, 0.15) is 11.6 Å². The molecular weight excluding hydrogens is 240 g/mol. The van der Waals surface area contributed by atoms with Crippen LogP contribution >= 0.6 is 0 Å². The van der Waals surface area contributed by atoms with E-state index >= 15 is 0 Å². The van der Waals surface area contributed by atoms with Crippen molar-refractivity contribution in [2.75, 3.05) is 7.05 Å². The van der Waals surface area contributed by atoms with Crippen LogP contribution in [-0.2, 0) is 16.1 Å². The molecule has 0 atom stereocenters. The summed E-state index contributed by atoms with van der Waals surface area (Å²) in [7, 11) is 1.87. The Morgan fingerprint density at radius 3 is 2.32 bits per heavy atom. The highest BCUT2D eigenvalue weighted by atomic mass is 16.1. The molecule has 0 aliphatic carbocycles. The largest absolute Gasteiger partial charge is 0.300 e. The molecule has 0 aliphatic heterocycles. The molecule has 1 aromatic carbocycles. The highest BCUT2D eigenvalue weighted by Gasteiger charge is 2.07. The first kappa shape index (κ1) is 15.1. The minimum atomic E-state index is -0.101. The number of rotatable bonds is 7. The molecule has 4 nitrogen and oxygen atoms in total. The van der Waals surface area contributed by atoms with Crippen molar-refractivity contribution in [3.05, 3.63) is 35.9 Å². The van der Waals surface area contributed by atoms with Crippen LogP contribution in [0, 0.1) is 0 Å². The van der Waals surface area contributed by atoms with Crippen molar-refractivity contribution in [2.45, 2.75) is 33.2 Å². The second-order valence-electron chi connectivity index (χ2n) is 4.73. The van der Waals surface area contributed by atoms with Gasteiger partial charge in [0.25, 0.3) is 0 Å². The monoisotopic (exact) mass is 260 g/mol. The number of nitrogens with zero attached hydrogens (tertiary/aromatic N) is 2. The normalized spacial score (nSPS) is 11.2. The van der Waals surface area contributed by atoms with E-state index < -0.39 is 0 Å². The smallest absolute Gasteiger partial charge is 0.145 e. The van der Waals surface area contributed by atoms with Crippen molar-refractivity contribution in [3.8, 4) is 0 Å². The summed E-state index contributed by atoms with van der Waals surface area (Å²) >= 11 is 0. The van der Waals surface area contributed by atoms with E-state index in [9.17, 15) is 9.59 Å². The average Bonchev–Trinajstić information content (AvgIpc) is 2.28. The number of carbonyl (C=O) groups excluding carboxylic acids is 2. The van der Waals surface area contributed by atoms with Gasteiger partial charge >= 0.3 is 0 Å². The summed E-state index contributed by atoms with van der Waals surface area (Å²) in [6.45, 7) is 3.92. The lowest BCUT2D eigenvalue weighted by Gasteiger charge is -2.14. The number of hydrogen-bond donors (Lipinski definition) is 0. The van der Waals surface area contributed by atoms with Crippen LogP contribution in [0.15, 0.2) is 35.4 Å². The first-order valence-corrected chi connectivity index (χ1v) is 6.27. The molecule has 0 spiro atoms. The Labute approximate surface area is 114 Å². The van der Waals surface area contributed by atoms with E-state index in [2.05, 4.69) is 5.10 Å². The third kappa shape index (κ3) is 6.50. The van der Waals surface area contributed by atoms with Crippen LogP contribution in [-0.4, -0.2) is 29.3 Å². The predicted molar refractivity (Wildman–Crippen MR) is 75.9 cm³/mol. The van der Waals surface area contributed by atoms with Crippen LogP contribution in [0.4, 0.5) is 0 Å². The van der Waals surface area contributed by atoms with E-state index in [4.69, 9.17) is 0 Å². The van der Waals surface area contributed by atoms with Crippen LogP contribution in [0.25, 0.3) is 0 Å². The molecule has 0 saturated carbocycles. The lowest BCUT2D eigenvalue weighted by Crippen LogP contribution is -2.15. The van der Waals surface area contributed by atoms with Crippen molar-refractivity contribution in [1.29, 1.82) is 0 Å². The number of ketones is 2. The molecule has 0 heterocycles. The highest BCUT2D eigenvalue weighted by molar-refractivity contribution is 6.07. The molecule has 4 heteroatoms. The fourth-order valence-corrected chi connectivity index (χ4v) is 1.84. The molecule has 0 fully saturated rings. The molecule has 0 aliphatic rings. The SMILES string of the molecule is CC(=O)CC(=O)C/C(C)=N/N(C)Cc1ccccc1. The maximum absolute atomic E-state index is 11.5. The molecular formula is C15H20N2O2. The quantitative estimate of drug-likeness (QED) is 0.430. The zero-order chi connectivity index (χ0) is 14.3. The van der Waals surface area contributed by atoms with Gasteiger partial charge in [0, 0.05) is 19.2 Å². The van der Waals surface area contributed by atoms with Gasteiger partial charge in [-0.3, -0.25) is 14.6 Å². The summed E-state index contributed by atoms with van der Waals surface area (Å²) in [5, 5.41) is 6.13. The Morgan fingerprint density at radius 2 is 1.74 bits per heavy atom. The van der Waals surface area contributed by atoms with E-state index in [-0.39, 0.29) is 24.4 Å². The second-order valence-corrected chi connectivity index (χ2v) is 4.73. The number of Topliss-reactive ketones (excluding diaryl/α,β-unsaturated/α-hetero) is 2. The molecule has 0 unspecified atom stereocenters. The van der Waals surface area contributed by atoms with Gasteiger partial charge in [0.2, 0.25) is 0 Å². The summed E-state index contributed by atoms with van der Waals surface area (Å²) in [4.78, 5) is 22.3. The fraction of sp³-hybridized carbons (Fsp3) is 0.400. The fourth-order valence-electron chi connectivity index (χ4n) is 1.84. The molecule has 1 aromatic rings. The minimum Gasteiger partial charge on any atom is -0.300 e. The van der Waals surface area contributed by atoms with E-state index in [1.54, 1.807) is 11.9 Å². The van der Waals surface area contributed by atoms with E-state index in [1.807, 2.05) is 37.4 Å². The standard InChI is InChI=1S/C15H20N2O2/c1-12(9-15(19)10-13(2)18)16-17(3)11-14-7-5-4-6-8-14/h4-8H,9-11H2,1-3H3/b16-12+.